The molecular weight excluding hydrogens is 174 g/mol. The monoisotopic (exact) mass is 197 g/mol. The van der Waals surface area contributed by atoms with Gasteiger partial charge in [-0.1, -0.05) is 0 Å². The van der Waals surface area contributed by atoms with Gasteiger partial charge < -0.3 is 10.6 Å². The van der Waals surface area contributed by atoms with E-state index in [9.17, 15) is 0 Å². The van der Waals surface area contributed by atoms with Gasteiger partial charge in [-0.2, -0.15) is 0 Å². The van der Waals surface area contributed by atoms with E-state index in [2.05, 4.69) is 16.8 Å². The maximum absolute atomic E-state index is 5.72. The Labute approximate surface area is 87.2 Å². The molecule has 2 rings (SSSR count). The lowest BCUT2D eigenvalue weighted by Crippen LogP contribution is -2.45. The van der Waals surface area contributed by atoms with Gasteiger partial charge in [-0.05, 0) is 51.9 Å². The highest BCUT2D eigenvalue weighted by Gasteiger charge is 2.29. The van der Waals surface area contributed by atoms with Crippen molar-refractivity contribution in [1.29, 1.82) is 0 Å². The second kappa shape index (κ2) is 4.60. The minimum absolute atomic E-state index is 0.766. The molecule has 0 aliphatic carbocycles. The zero-order chi connectivity index (χ0) is 9.97. The lowest BCUT2D eigenvalue weighted by atomic mass is 10.0. The van der Waals surface area contributed by atoms with Crippen LogP contribution in [0.5, 0.6) is 0 Å². The van der Waals surface area contributed by atoms with Crippen LogP contribution >= 0.6 is 0 Å². The maximum atomic E-state index is 5.72. The molecule has 0 saturated carbocycles. The minimum atomic E-state index is 0.766. The average Bonchev–Trinajstić information content (AvgIpc) is 2.66. The van der Waals surface area contributed by atoms with Crippen LogP contribution in [-0.4, -0.2) is 55.6 Å². The van der Waals surface area contributed by atoms with E-state index in [1.807, 2.05) is 0 Å². The van der Waals surface area contributed by atoms with Crippen LogP contribution in [-0.2, 0) is 0 Å². The SMILES string of the molecule is CN1CCCC(N2CCC(CN)C2)C1. The van der Waals surface area contributed by atoms with Crippen molar-refractivity contribution in [3.63, 3.8) is 0 Å². The van der Waals surface area contributed by atoms with Crippen LogP contribution in [0, 0.1) is 5.92 Å². The summed E-state index contributed by atoms with van der Waals surface area (Å²) in [5.41, 5.74) is 5.72. The van der Waals surface area contributed by atoms with Crippen molar-refractivity contribution < 1.29 is 0 Å². The van der Waals surface area contributed by atoms with Crippen molar-refractivity contribution >= 4 is 0 Å². The Morgan fingerprint density at radius 1 is 1.21 bits per heavy atom. The lowest BCUT2D eigenvalue weighted by molar-refractivity contribution is 0.130. The fourth-order valence-electron chi connectivity index (χ4n) is 2.82. The average molecular weight is 197 g/mol. The van der Waals surface area contributed by atoms with E-state index < -0.39 is 0 Å². The van der Waals surface area contributed by atoms with E-state index in [0.29, 0.717) is 0 Å². The molecule has 2 heterocycles. The topological polar surface area (TPSA) is 32.5 Å². The van der Waals surface area contributed by atoms with Crippen LogP contribution in [0.15, 0.2) is 0 Å². The van der Waals surface area contributed by atoms with Crippen LogP contribution < -0.4 is 5.73 Å². The molecule has 2 fully saturated rings. The summed E-state index contributed by atoms with van der Waals surface area (Å²) >= 11 is 0. The van der Waals surface area contributed by atoms with Crippen LogP contribution in [0.3, 0.4) is 0 Å². The summed E-state index contributed by atoms with van der Waals surface area (Å²) in [6, 6.07) is 0.810. The van der Waals surface area contributed by atoms with Crippen LogP contribution in [0.2, 0.25) is 0 Å². The smallest absolute Gasteiger partial charge is 0.0223 e. The number of rotatable bonds is 2. The molecule has 2 unspecified atom stereocenters. The third-order valence-corrected chi connectivity index (χ3v) is 3.77. The largest absolute Gasteiger partial charge is 0.330 e. The fraction of sp³-hybridized carbons (Fsp3) is 1.00. The quantitative estimate of drug-likeness (QED) is 0.694. The summed E-state index contributed by atoms with van der Waals surface area (Å²) < 4.78 is 0. The van der Waals surface area contributed by atoms with Crippen molar-refractivity contribution in [2.45, 2.75) is 25.3 Å². The van der Waals surface area contributed by atoms with Gasteiger partial charge in [0.25, 0.3) is 0 Å². The Hall–Kier alpha value is -0.120. The predicted octanol–water partition coefficient (Wildman–Crippen LogP) is 0.361. The zero-order valence-corrected chi connectivity index (χ0v) is 9.28. The molecule has 3 heteroatoms. The molecule has 0 aromatic rings. The number of piperidine rings is 1. The van der Waals surface area contributed by atoms with Gasteiger partial charge in [0.1, 0.15) is 0 Å². The summed E-state index contributed by atoms with van der Waals surface area (Å²) in [4.78, 5) is 5.12. The van der Waals surface area contributed by atoms with Gasteiger partial charge in [-0.25, -0.2) is 0 Å². The van der Waals surface area contributed by atoms with Crippen LogP contribution in [0.1, 0.15) is 19.3 Å². The lowest BCUT2D eigenvalue weighted by Gasteiger charge is -2.35. The first-order chi connectivity index (χ1) is 6.79. The molecule has 2 saturated heterocycles. The highest BCUT2D eigenvalue weighted by atomic mass is 15.2. The summed E-state index contributed by atoms with van der Waals surface area (Å²) in [5, 5.41) is 0. The molecule has 2 aliphatic rings. The molecule has 0 aromatic heterocycles. The number of likely N-dealkylation sites (tertiary alicyclic amines) is 2. The second-order valence-corrected chi connectivity index (χ2v) is 4.94. The third kappa shape index (κ3) is 2.27. The van der Waals surface area contributed by atoms with E-state index in [4.69, 9.17) is 5.73 Å². The standard InChI is InChI=1S/C11H23N3/c1-13-5-2-3-11(9-13)14-6-4-10(7-12)8-14/h10-11H,2-9,12H2,1H3. The minimum Gasteiger partial charge on any atom is -0.330 e. The molecule has 0 spiro atoms. The Morgan fingerprint density at radius 2 is 2.07 bits per heavy atom. The molecule has 14 heavy (non-hydrogen) atoms. The van der Waals surface area contributed by atoms with Crippen molar-refractivity contribution in [2.24, 2.45) is 11.7 Å². The molecule has 82 valence electrons. The fourth-order valence-corrected chi connectivity index (χ4v) is 2.82. The van der Waals surface area contributed by atoms with Crippen molar-refractivity contribution in [3.8, 4) is 0 Å². The summed E-state index contributed by atoms with van der Waals surface area (Å²) in [5.74, 6) is 0.766. The Bertz CT molecular complexity index is 183. The van der Waals surface area contributed by atoms with Gasteiger partial charge in [-0.15, -0.1) is 0 Å². The highest BCUT2D eigenvalue weighted by Crippen LogP contribution is 2.22. The highest BCUT2D eigenvalue weighted by molar-refractivity contribution is 4.85. The Morgan fingerprint density at radius 3 is 2.71 bits per heavy atom. The number of hydrogen-bond donors (Lipinski definition) is 1. The molecule has 0 bridgehead atoms. The number of hydrogen-bond acceptors (Lipinski definition) is 3. The first kappa shape index (κ1) is 10.4. The van der Waals surface area contributed by atoms with Gasteiger partial charge in [0.05, 0.1) is 0 Å². The Balaban J connectivity index is 1.83. The van der Waals surface area contributed by atoms with Crippen molar-refractivity contribution in [1.82, 2.24) is 9.80 Å². The molecule has 3 nitrogen and oxygen atoms in total. The van der Waals surface area contributed by atoms with Gasteiger partial charge in [0, 0.05) is 19.1 Å². The van der Waals surface area contributed by atoms with Gasteiger partial charge in [-0.3, -0.25) is 4.90 Å². The molecule has 0 aromatic carbocycles. The number of nitrogens with zero attached hydrogens (tertiary/aromatic N) is 2. The summed E-state index contributed by atoms with van der Waals surface area (Å²) in [6.45, 7) is 5.94. The van der Waals surface area contributed by atoms with Gasteiger partial charge in [0.2, 0.25) is 0 Å². The summed E-state index contributed by atoms with van der Waals surface area (Å²) in [6.07, 6.45) is 4.07. The maximum Gasteiger partial charge on any atom is 0.0223 e. The normalized spacial score (nSPS) is 36.4. The second-order valence-electron chi connectivity index (χ2n) is 4.94. The van der Waals surface area contributed by atoms with E-state index in [0.717, 1.165) is 18.5 Å². The molecule has 2 aliphatic heterocycles. The molecule has 2 atom stereocenters. The Kier molecular flexibility index (Phi) is 3.42. The van der Waals surface area contributed by atoms with E-state index >= 15 is 0 Å². The predicted molar refractivity (Wildman–Crippen MR) is 59.3 cm³/mol. The van der Waals surface area contributed by atoms with Crippen LogP contribution in [0.25, 0.3) is 0 Å². The third-order valence-electron chi connectivity index (χ3n) is 3.77. The van der Waals surface area contributed by atoms with Gasteiger partial charge in [0.15, 0.2) is 0 Å². The first-order valence-corrected chi connectivity index (χ1v) is 5.92. The number of likely N-dealkylation sites (N-methyl/N-ethyl adjacent to an activating group) is 1. The van der Waals surface area contributed by atoms with Crippen molar-refractivity contribution in [2.75, 3.05) is 39.8 Å². The first-order valence-electron chi connectivity index (χ1n) is 5.92. The van der Waals surface area contributed by atoms with E-state index in [1.54, 1.807) is 0 Å². The van der Waals surface area contributed by atoms with E-state index in [-0.39, 0.29) is 0 Å². The summed E-state index contributed by atoms with van der Waals surface area (Å²) in [7, 11) is 2.24. The van der Waals surface area contributed by atoms with Crippen LogP contribution in [0.4, 0.5) is 0 Å². The molecule has 2 N–H and O–H groups in total. The van der Waals surface area contributed by atoms with E-state index in [1.165, 1.54) is 45.4 Å². The van der Waals surface area contributed by atoms with Gasteiger partial charge >= 0.3 is 0 Å². The molecular formula is C11H23N3. The van der Waals surface area contributed by atoms with Crippen molar-refractivity contribution in [3.05, 3.63) is 0 Å². The zero-order valence-electron chi connectivity index (χ0n) is 9.28. The molecule has 0 radical (unpaired) electrons. The number of nitrogens with two attached hydrogens (primary N) is 1. The molecule has 0 amide bonds.